The van der Waals surface area contributed by atoms with Gasteiger partial charge < -0.3 is 10.6 Å². The van der Waals surface area contributed by atoms with Gasteiger partial charge in [0.15, 0.2) is 5.11 Å². The highest BCUT2D eigenvalue weighted by atomic mass is 32.1. The Labute approximate surface area is 85.8 Å². The van der Waals surface area contributed by atoms with E-state index in [0.29, 0.717) is 6.04 Å². The van der Waals surface area contributed by atoms with Crippen LogP contribution in [0.3, 0.4) is 0 Å². The summed E-state index contributed by atoms with van der Waals surface area (Å²) in [5.41, 5.74) is 0. The fourth-order valence-electron chi connectivity index (χ4n) is 1.65. The van der Waals surface area contributed by atoms with Gasteiger partial charge in [-0.2, -0.15) is 0 Å². The maximum absolute atomic E-state index is 5.13. The highest BCUT2D eigenvalue weighted by Crippen LogP contribution is 2.16. The lowest BCUT2D eigenvalue weighted by Gasteiger charge is -2.24. The van der Waals surface area contributed by atoms with Crippen molar-refractivity contribution < 1.29 is 0 Å². The fraction of sp³-hybridized carbons (Fsp3) is 0.700. The van der Waals surface area contributed by atoms with Crippen LogP contribution in [0.1, 0.15) is 32.1 Å². The zero-order valence-corrected chi connectivity index (χ0v) is 8.83. The third-order valence-electron chi connectivity index (χ3n) is 2.35. The molecule has 13 heavy (non-hydrogen) atoms. The van der Waals surface area contributed by atoms with Gasteiger partial charge in [0.25, 0.3) is 0 Å². The fourth-order valence-corrected chi connectivity index (χ4v) is 1.90. The van der Waals surface area contributed by atoms with Crippen LogP contribution in [0.4, 0.5) is 0 Å². The third-order valence-corrected chi connectivity index (χ3v) is 2.61. The molecular formula is C10H18N2S. The van der Waals surface area contributed by atoms with Crippen molar-refractivity contribution >= 4 is 17.3 Å². The Kier molecular flexibility index (Phi) is 4.83. The number of rotatable bonds is 3. The molecule has 2 N–H and O–H groups in total. The quantitative estimate of drug-likeness (QED) is 0.535. The largest absolute Gasteiger partial charge is 0.360 e. The van der Waals surface area contributed by atoms with E-state index >= 15 is 0 Å². The molecular weight excluding hydrogens is 180 g/mol. The highest BCUT2D eigenvalue weighted by molar-refractivity contribution is 7.80. The normalized spacial score (nSPS) is 17.8. The molecule has 0 aliphatic heterocycles. The van der Waals surface area contributed by atoms with Crippen LogP contribution < -0.4 is 10.6 Å². The molecule has 1 saturated carbocycles. The maximum Gasteiger partial charge on any atom is 0.166 e. The standard InChI is InChI=1S/C10H18N2S/c1-2-8-11-10(13)12-9-6-4-3-5-7-9/h2,9H,1,3-8H2,(H2,11,12,13). The summed E-state index contributed by atoms with van der Waals surface area (Å²) < 4.78 is 0. The van der Waals surface area contributed by atoms with Crippen molar-refractivity contribution in [3.63, 3.8) is 0 Å². The lowest BCUT2D eigenvalue weighted by molar-refractivity contribution is 0.412. The molecule has 0 aromatic heterocycles. The Morgan fingerprint density at radius 1 is 1.38 bits per heavy atom. The Morgan fingerprint density at radius 3 is 2.69 bits per heavy atom. The second-order valence-corrected chi connectivity index (χ2v) is 3.89. The number of hydrogen-bond donors (Lipinski definition) is 2. The number of thiocarbonyl (C=S) groups is 1. The summed E-state index contributed by atoms with van der Waals surface area (Å²) in [4.78, 5) is 0. The van der Waals surface area contributed by atoms with Gasteiger partial charge in [0.05, 0.1) is 0 Å². The van der Waals surface area contributed by atoms with E-state index in [-0.39, 0.29) is 0 Å². The van der Waals surface area contributed by atoms with Crippen molar-refractivity contribution in [1.29, 1.82) is 0 Å². The van der Waals surface area contributed by atoms with E-state index in [4.69, 9.17) is 12.2 Å². The minimum Gasteiger partial charge on any atom is -0.360 e. The Morgan fingerprint density at radius 2 is 2.08 bits per heavy atom. The van der Waals surface area contributed by atoms with E-state index in [1.54, 1.807) is 0 Å². The summed E-state index contributed by atoms with van der Waals surface area (Å²) in [5.74, 6) is 0. The average molecular weight is 198 g/mol. The predicted octanol–water partition coefficient (Wildman–Crippen LogP) is 1.97. The van der Waals surface area contributed by atoms with Crippen LogP contribution >= 0.6 is 12.2 Å². The summed E-state index contributed by atoms with van der Waals surface area (Å²) in [6.07, 6.45) is 8.38. The topological polar surface area (TPSA) is 24.1 Å². The molecule has 0 unspecified atom stereocenters. The molecule has 0 saturated heterocycles. The minimum atomic E-state index is 0.596. The molecule has 0 aromatic rings. The second kappa shape index (κ2) is 5.97. The first kappa shape index (κ1) is 10.5. The van der Waals surface area contributed by atoms with Crippen molar-refractivity contribution in [3.05, 3.63) is 12.7 Å². The zero-order chi connectivity index (χ0) is 9.52. The summed E-state index contributed by atoms with van der Waals surface area (Å²) in [6.45, 7) is 4.38. The van der Waals surface area contributed by atoms with Gasteiger partial charge in [0.2, 0.25) is 0 Å². The first-order valence-electron chi connectivity index (χ1n) is 4.98. The molecule has 1 aliphatic rings. The Balaban J connectivity index is 2.14. The van der Waals surface area contributed by atoms with Crippen molar-refractivity contribution in [1.82, 2.24) is 10.6 Å². The summed E-state index contributed by atoms with van der Waals surface area (Å²) in [5, 5.41) is 7.18. The molecule has 2 nitrogen and oxygen atoms in total. The molecule has 74 valence electrons. The van der Waals surface area contributed by atoms with E-state index in [0.717, 1.165) is 11.7 Å². The molecule has 0 atom stereocenters. The number of hydrogen-bond acceptors (Lipinski definition) is 1. The smallest absolute Gasteiger partial charge is 0.166 e. The van der Waals surface area contributed by atoms with E-state index < -0.39 is 0 Å². The van der Waals surface area contributed by atoms with Gasteiger partial charge in [-0.05, 0) is 25.1 Å². The van der Waals surface area contributed by atoms with Crippen LogP contribution in [0.5, 0.6) is 0 Å². The molecule has 0 spiro atoms. The second-order valence-electron chi connectivity index (χ2n) is 3.48. The van der Waals surface area contributed by atoms with Crippen molar-refractivity contribution in [2.45, 2.75) is 38.1 Å². The van der Waals surface area contributed by atoms with Crippen LogP contribution in [0.25, 0.3) is 0 Å². The van der Waals surface area contributed by atoms with Crippen LogP contribution in [-0.4, -0.2) is 17.7 Å². The molecule has 0 bridgehead atoms. The van der Waals surface area contributed by atoms with Gasteiger partial charge in [-0.3, -0.25) is 0 Å². The molecule has 1 rings (SSSR count). The number of nitrogens with one attached hydrogen (secondary N) is 2. The molecule has 0 heterocycles. The van der Waals surface area contributed by atoms with Gasteiger partial charge in [-0.25, -0.2) is 0 Å². The van der Waals surface area contributed by atoms with Crippen LogP contribution in [0, 0.1) is 0 Å². The Bertz CT molecular complexity index is 174. The van der Waals surface area contributed by atoms with Crippen molar-refractivity contribution in [3.8, 4) is 0 Å². The third kappa shape index (κ3) is 4.27. The SMILES string of the molecule is C=CCNC(=S)NC1CCCCC1. The highest BCUT2D eigenvalue weighted by Gasteiger charge is 2.13. The molecule has 3 heteroatoms. The predicted molar refractivity (Wildman–Crippen MR) is 60.8 cm³/mol. The van der Waals surface area contributed by atoms with Crippen molar-refractivity contribution in [2.75, 3.05) is 6.54 Å². The summed E-state index contributed by atoms with van der Waals surface area (Å²) in [7, 11) is 0. The zero-order valence-electron chi connectivity index (χ0n) is 8.01. The lowest BCUT2D eigenvalue weighted by atomic mass is 9.96. The molecule has 0 amide bonds. The molecule has 0 aromatic carbocycles. The van der Waals surface area contributed by atoms with Crippen molar-refractivity contribution in [2.24, 2.45) is 0 Å². The summed E-state index contributed by atoms with van der Waals surface area (Å²) >= 11 is 5.13. The summed E-state index contributed by atoms with van der Waals surface area (Å²) in [6, 6.07) is 0.596. The van der Waals surface area contributed by atoms with Crippen LogP contribution in [-0.2, 0) is 0 Å². The van der Waals surface area contributed by atoms with E-state index in [1.165, 1.54) is 32.1 Å². The average Bonchev–Trinajstić information content (AvgIpc) is 2.16. The van der Waals surface area contributed by atoms with E-state index in [1.807, 2.05) is 6.08 Å². The maximum atomic E-state index is 5.13. The van der Waals surface area contributed by atoms with Gasteiger partial charge in [-0.15, -0.1) is 6.58 Å². The van der Waals surface area contributed by atoms with E-state index in [2.05, 4.69) is 17.2 Å². The first-order chi connectivity index (χ1) is 6.33. The Hall–Kier alpha value is -0.570. The molecule has 1 fully saturated rings. The van der Waals surface area contributed by atoms with Gasteiger partial charge in [0.1, 0.15) is 0 Å². The molecule has 1 aliphatic carbocycles. The first-order valence-corrected chi connectivity index (χ1v) is 5.39. The van der Waals surface area contributed by atoms with Gasteiger partial charge >= 0.3 is 0 Å². The lowest BCUT2D eigenvalue weighted by Crippen LogP contribution is -2.42. The van der Waals surface area contributed by atoms with Crippen LogP contribution in [0.2, 0.25) is 0 Å². The molecule has 0 radical (unpaired) electrons. The van der Waals surface area contributed by atoms with Gasteiger partial charge in [0, 0.05) is 12.6 Å². The van der Waals surface area contributed by atoms with Crippen LogP contribution in [0.15, 0.2) is 12.7 Å². The monoisotopic (exact) mass is 198 g/mol. The van der Waals surface area contributed by atoms with E-state index in [9.17, 15) is 0 Å². The minimum absolute atomic E-state index is 0.596. The van der Waals surface area contributed by atoms with Gasteiger partial charge in [-0.1, -0.05) is 25.3 Å².